The van der Waals surface area contributed by atoms with Gasteiger partial charge in [-0.3, -0.25) is 9.69 Å². The Hall–Kier alpha value is -2.41. The zero-order chi connectivity index (χ0) is 20.8. The second-order valence-corrected chi connectivity index (χ2v) is 8.22. The van der Waals surface area contributed by atoms with E-state index in [1.54, 1.807) is 0 Å². The maximum absolute atomic E-state index is 12.5. The van der Waals surface area contributed by atoms with Gasteiger partial charge in [0.05, 0.1) is 13.2 Å². The molecule has 30 heavy (non-hydrogen) atoms. The van der Waals surface area contributed by atoms with Crippen molar-refractivity contribution in [1.82, 2.24) is 15.1 Å². The molecule has 1 N–H and O–H groups in total. The molecule has 0 spiro atoms. The van der Waals surface area contributed by atoms with E-state index in [2.05, 4.69) is 63.5 Å². The van der Waals surface area contributed by atoms with Crippen LogP contribution < -0.4 is 10.2 Å². The van der Waals surface area contributed by atoms with Crippen LogP contribution >= 0.6 is 0 Å². The highest BCUT2D eigenvalue weighted by Gasteiger charge is 2.14. The molecule has 2 aromatic carbocycles. The third-order valence-electron chi connectivity index (χ3n) is 5.98. The number of hydrogen-bond donors (Lipinski definition) is 1. The van der Waals surface area contributed by atoms with Crippen molar-refractivity contribution < 1.29 is 9.53 Å². The van der Waals surface area contributed by atoms with Crippen LogP contribution in [-0.4, -0.2) is 75.2 Å². The number of benzene rings is 2. The molecule has 2 aliphatic rings. The summed E-state index contributed by atoms with van der Waals surface area (Å²) < 4.78 is 5.39. The highest BCUT2D eigenvalue weighted by atomic mass is 16.5. The van der Waals surface area contributed by atoms with E-state index in [-0.39, 0.29) is 5.91 Å². The number of nitrogens with one attached hydrogen (secondary N) is 1. The van der Waals surface area contributed by atoms with Gasteiger partial charge in [0.15, 0.2) is 0 Å². The first-order valence-corrected chi connectivity index (χ1v) is 10.9. The molecule has 0 unspecified atom stereocenters. The van der Waals surface area contributed by atoms with Crippen molar-refractivity contribution in [3.05, 3.63) is 65.2 Å². The molecular weight excluding hydrogens is 376 g/mol. The van der Waals surface area contributed by atoms with Crippen molar-refractivity contribution in [2.75, 3.05) is 64.4 Å². The van der Waals surface area contributed by atoms with Gasteiger partial charge >= 0.3 is 0 Å². The second kappa shape index (κ2) is 10.1. The number of carbonyl (C=O) groups is 1. The van der Waals surface area contributed by atoms with E-state index in [0.29, 0.717) is 12.1 Å². The second-order valence-electron chi connectivity index (χ2n) is 8.22. The van der Waals surface area contributed by atoms with Crippen molar-refractivity contribution in [3.8, 4) is 0 Å². The minimum Gasteiger partial charge on any atom is -0.379 e. The van der Waals surface area contributed by atoms with Gasteiger partial charge in [-0.15, -0.1) is 0 Å². The first kappa shape index (κ1) is 20.8. The van der Waals surface area contributed by atoms with Crippen LogP contribution in [0.15, 0.2) is 48.5 Å². The van der Waals surface area contributed by atoms with Crippen LogP contribution in [0.1, 0.15) is 21.5 Å². The molecule has 0 saturated carbocycles. The summed E-state index contributed by atoms with van der Waals surface area (Å²) in [6, 6.07) is 16.5. The number of amides is 1. The van der Waals surface area contributed by atoms with Crippen molar-refractivity contribution in [1.29, 1.82) is 0 Å². The average Bonchev–Trinajstić information content (AvgIpc) is 2.80. The van der Waals surface area contributed by atoms with Gasteiger partial charge in [-0.05, 0) is 42.4 Å². The van der Waals surface area contributed by atoms with E-state index >= 15 is 0 Å². The van der Waals surface area contributed by atoms with E-state index < -0.39 is 0 Å². The van der Waals surface area contributed by atoms with Crippen LogP contribution in [0.5, 0.6) is 0 Å². The minimum atomic E-state index is -0.0314. The Morgan fingerprint density at radius 2 is 1.50 bits per heavy atom. The third-order valence-corrected chi connectivity index (χ3v) is 5.98. The number of carbonyl (C=O) groups excluding carboxylic acids is 1. The highest BCUT2D eigenvalue weighted by Crippen LogP contribution is 2.17. The maximum atomic E-state index is 12.5. The van der Waals surface area contributed by atoms with E-state index in [1.165, 1.54) is 11.3 Å². The van der Waals surface area contributed by atoms with E-state index in [0.717, 1.165) is 64.6 Å². The fraction of sp³-hybridized carbons (Fsp3) is 0.458. The lowest BCUT2D eigenvalue weighted by molar-refractivity contribution is 0.0342. The van der Waals surface area contributed by atoms with Crippen molar-refractivity contribution in [3.63, 3.8) is 0 Å². The van der Waals surface area contributed by atoms with Crippen LogP contribution in [-0.2, 0) is 17.8 Å². The number of rotatable bonds is 6. The molecule has 2 saturated heterocycles. The van der Waals surface area contributed by atoms with Crippen LogP contribution in [0.2, 0.25) is 0 Å². The molecule has 0 bridgehead atoms. The molecule has 6 nitrogen and oxygen atoms in total. The summed E-state index contributed by atoms with van der Waals surface area (Å²) in [6.07, 6.45) is 0. The van der Waals surface area contributed by atoms with Gasteiger partial charge in [-0.1, -0.05) is 24.3 Å². The topological polar surface area (TPSA) is 48.0 Å². The van der Waals surface area contributed by atoms with Crippen LogP contribution in [0, 0.1) is 0 Å². The molecule has 160 valence electrons. The summed E-state index contributed by atoms with van der Waals surface area (Å²) in [6.45, 7) is 9.32. The molecular formula is C24H32N4O2. The smallest absolute Gasteiger partial charge is 0.251 e. The lowest BCUT2D eigenvalue weighted by Crippen LogP contribution is -2.44. The Labute approximate surface area is 179 Å². The van der Waals surface area contributed by atoms with Gasteiger partial charge in [-0.25, -0.2) is 0 Å². The fourth-order valence-electron chi connectivity index (χ4n) is 3.95. The molecule has 2 heterocycles. The summed E-state index contributed by atoms with van der Waals surface area (Å²) in [5.74, 6) is -0.0314. The van der Waals surface area contributed by atoms with Gasteiger partial charge < -0.3 is 19.9 Å². The lowest BCUT2D eigenvalue weighted by Gasteiger charge is -2.34. The van der Waals surface area contributed by atoms with E-state index in [9.17, 15) is 4.79 Å². The SMILES string of the molecule is CN1CCN(c2ccc(CNC(=O)c3ccc(CN4CCOCC4)cc3)cc2)CC1. The largest absolute Gasteiger partial charge is 0.379 e. The van der Waals surface area contributed by atoms with Crippen molar-refractivity contribution in [2.45, 2.75) is 13.1 Å². The zero-order valence-electron chi connectivity index (χ0n) is 17.8. The molecule has 0 aromatic heterocycles. The zero-order valence-corrected chi connectivity index (χ0v) is 17.8. The number of anilines is 1. The summed E-state index contributed by atoms with van der Waals surface area (Å²) >= 11 is 0. The number of piperazine rings is 1. The molecule has 4 rings (SSSR count). The Bertz CT molecular complexity index is 808. The van der Waals surface area contributed by atoms with Gasteiger partial charge in [0.2, 0.25) is 0 Å². The molecule has 0 radical (unpaired) electrons. The number of nitrogens with zero attached hydrogens (tertiary/aromatic N) is 3. The first-order valence-electron chi connectivity index (χ1n) is 10.9. The standard InChI is InChI=1S/C24H32N4O2/c1-26-10-12-28(13-11-26)23-8-4-20(5-9-23)18-25-24(29)22-6-2-21(3-7-22)19-27-14-16-30-17-15-27/h2-9H,10-19H2,1H3,(H,25,29). The van der Waals surface area contributed by atoms with Crippen molar-refractivity contribution in [2.24, 2.45) is 0 Å². The van der Waals surface area contributed by atoms with Crippen LogP contribution in [0.25, 0.3) is 0 Å². The number of ether oxygens (including phenoxy) is 1. The number of hydrogen-bond acceptors (Lipinski definition) is 5. The molecule has 2 fully saturated rings. The van der Waals surface area contributed by atoms with Gasteiger partial charge in [0.1, 0.15) is 0 Å². The summed E-state index contributed by atoms with van der Waals surface area (Å²) in [5, 5.41) is 3.03. The van der Waals surface area contributed by atoms with Gasteiger partial charge in [0, 0.05) is 63.6 Å². The molecule has 1 amide bonds. The monoisotopic (exact) mass is 408 g/mol. The minimum absolute atomic E-state index is 0.0314. The highest BCUT2D eigenvalue weighted by molar-refractivity contribution is 5.94. The van der Waals surface area contributed by atoms with E-state index in [1.807, 2.05) is 12.1 Å². The Morgan fingerprint density at radius 3 is 2.17 bits per heavy atom. The molecule has 6 heteroatoms. The lowest BCUT2D eigenvalue weighted by atomic mass is 10.1. The average molecular weight is 409 g/mol. The Balaban J connectivity index is 1.25. The first-order chi connectivity index (χ1) is 14.7. The van der Waals surface area contributed by atoms with Crippen LogP contribution in [0.4, 0.5) is 5.69 Å². The quantitative estimate of drug-likeness (QED) is 0.794. The normalized spacial score (nSPS) is 18.4. The molecule has 0 atom stereocenters. The molecule has 0 aliphatic carbocycles. The summed E-state index contributed by atoms with van der Waals surface area (Å²) in [7, 11) is 2.17. The third kappa shape index (κ3) is 5.59. The fourth-order valence-corrected chi connectivity index (χ4v) is 3.95. The molecule has 2 aliphatic heterocycles. The number of likely N-dealkylation sites (N-methyl/N-ethyl adjacent to an activating group) is 1. The van der Waals surface area contributed by atoms with Crippen LogP contribution in [0.3, 0.4) is 0 Å². The Morgan fingerprint density at radius 1 is 0.867 bits per heavy atom. The predicted molar refractivity (Wildman–Crippen MR) is 120 cm³/mol. The predicted octanol–water partition coefficient (Wildman–Crippen LogP) is 2.20. The maximum Gasteiger partial charge on any atom is 0.251 e. The number of morpholine rings is 1. The molecule has 2 aromatic rings. The van der Waals surface area contributed by atoms with Gasteiger partial charge in [-0.2, -0.15) is 0 Å². The Kier molecular flexibility index (Phi) is 7.00. The van der Waals surface area contributed by atoms with Crippen molar-refractivity contribution >= 4 is 11.6 Å². The summed E-state index contributed by atoms with van der Waals surface area (Å²) in [5.41, 5.74) is 4.31. The van der Waals surface area contributed by atoms with E-state index in [4.69, 9.17) is 4.74 Å². The van der Waals surface area contributed by atoms with Gasteiger partial charge in [0.25, 0.3) is 5.91 Å². The summed E-state index contributed by atoms with van der Waals surface area (Å²) in [4.78, 5) is 19.7.